The van der Waals surface area contributed by atoms with Gasteiger partial charge < -0.3 is 10.2 Å². The minimum Gasteiger partial charge on any atom is -0.338 e. The predicted octanol–water partition coefficient (Wildman–Crippen LogP) is 2.53. The van der Waals surface area contributed by atoms with E-state index >= 15 is 0 Å². The first-order valence-corrected chi connectivity index (χ1v) is 11.0. The first-order chi connectivity index (χ1) is 12.5. The Kier molecular flexibility index (Phi) is 6.19. The Hall–Kier alpha value is -1.60. The molecule has 2 heterocycles. The van der Waals surface area contributed by atoms with E-state index in [2.05, 4.69) is 12.2 Å². The van der Waals surface area contributed by atoms with Crippen molar-refractivity contribution in [2.75, 3.05) is 32.7 Å². The Balaban J connectivity index is 1.46. The Bertz CT molecular complexity index is 700. The van der Waals surface area contributed by atoms with Crippen LogP contribution >= 0.6 is 0 Å². The van der Waals surface area contributed by atoms with Gasteiger partial charge in [-0.15, -0.1) is 0 Å². The fraction of sp³-hybridized carbons (Fsp3) is 0.632. The van der Waals surface area contributed by atoms with Gasteiger partial charge in [0.1, 0.15) is 0 Å². The average Bonchev–Trinajstić information content (AvgIpc) is 2.67. The molecule has 1 unspecified atom stereocenters. The third-order valence-corrected chi connectivity index (χ3v) is 7.35. The Morgan fingerprint density at radius 2 is 1.81 bits per heavy atom. The van der Waals surface area contributed by atoms with Crippen LogP contribution < -0.4 is 5.32 Å². The van der Waals surface area contributed by atoms with Gasteiger partial charge in [-0.05, 0) is 49.7 Å². The summed E-state index contributed by atoms with van der Waals surface area (Å²) in [5, 5.41) is 3.05. The molecular weight excluding hydrogens is 350 g/mol. The molecule has 7 heteroatoms. The van der Waals surface area contributed by atoms with Crippen molar-refractivity contribution in [3.63, 3.8) is 0 Å². The number of rotatable bonds is 4. The molecule has 2 aliphatic rings. The standard InChI is InChI=1S/C19H29N3O3S/c1-16-6-5-11-21(15-16)19(23)20-14-17-9-12-22(13-10-17)26(24,25)18-7-3-2-4-8-18/h2-4,7-8,16-17H,5-6,9-15H2,1H3,(H,20,23). The van der Waals surface area contributed by atoms with Crippen LogP contribution in [0.3, 0.4) is 0 Å². The van der Waals surface area contributed by atoms with E-state index in [4.69, 9.17) is 0 Å². The number of nitrogens with one attached hydrogen (secondary N) is 1. The molecule has 2 amide bonds. The molecule has 3 rings (SSSR count). The molecule has 0 aliphatic carbocycles. The number of nitrogens with zero attached hydrogens (tertiary/aromatic N) is 2. The summed E-state index contributed by atoms with van der Waals surface area (Å²) in [5.74, 6) is 0.907. The minimum atomic E-state index is -3.40. The average molecular weight is 380 g/mol. The van der Waals surface area contributed by atoms with E-state index in [9.17, 15) is 13.2 Å². The van der Waals surface area contributed by atoms with Gasteiger partial charge in [-0.3, -0.25) is 0 Å². The van der Waals surface area contributed by atoms with E-state index in [-0.39, 0.29) is 6.03 Å². The van der Waals surface area contributed by atoms with E-state index < -0.39 is 10.0 Å². The number of benzene rings is 1. The van der Waals surface area contributed by atoms with Crippen LogP contribution in [0.25, 0.3) is 0 Å². The third kappa shape index (κ3) is 4.57. The lowest BCUT2D eigenvalue weighted by atomic mass is 9.98. The predicted molar refractivity (Wildman–Crippen MR) is 101 cm³/mol. The van der Waals surface area contributed by atoms with Crippen LogP contribution in [0.5, 0.6) is 0 Å². The van der Waals surface area contributed by atoms with Crippen LogP contribution in [0.1, 0.15) is 32.6 Å². The highest BCUT2D eigenvalue weighted by molar-refractivity contribution is 7.89. The second-order valence-corrected chi connectivity index (χ2v) is 9.48. The minimum absolute atomic E-state index is 0.0240. The molecule has 2 aliphatic heterocycles. The lowest BCUT2D eigenvalue weighted by Gasteiger charge is -2.33. The highest BCUT2D eigenvalue weighted by Crippen LogP contribution is 2.23. The van der Waals surface area contributed by atoms with E-state index in [1.54, 1.807) is 28.6 Å². The van der Waals surface area contributed by atoms with Crippen molar-refractivity contribution in [3.8, 4) is 0 Å². The quantitative estimate of drug-likeness (QED) is 0.874. The molecule has 6 nitrogen and oxygen atoms in total. The number of hydrogen-bond donors (Lipinski definition) is 1. The summed E-state index contributed by atoms with van der Waals surface area (Å²) in [6, 6.07) is 8.61. The maximum Gasteiger partial charge on any atom is 0.317 e. The van der Waals surface area contributed by atoms with Gasteiger partial charge in [-0.2, -0.15) is 4.31 Å². The van der Waals surface area contributed by atoms with E-state index in [0.29, 0.717) is 36.4 Å². The molecule has 0 saturated carbocycles. The highest BCUT2D eigenvalue weighted by atomic mass is 32.2. The van der Waals surface area contributed by atoms with Crippen LogP contribution in [0.2, 0.25) is 0 Å². The molecule has 1 N–H and O–H groups in total. The summed E-state index contributed by atoms with van der Waals surface area (Å²) in [6.07, 6.45) is 3.83. The molecular formula is C19H29N3O3S. The molecule has 0 aromatic heterocycles. The van der Waals surface area contributed by atoms with E-state index in [1.807, 2.05) is 11.0 Å². The normalized spacial score (nSPS) is 23.0. The van der Waals surface area contributed by atoms with Gasteiger partial charge >= 0.3 is 6.03 Å². The Labute approximate surface area is 156 Å². The first kappa shape index (κ1) is 19.2. The zero-order valence-electron chi connectivity index (χ0n) is 15.4. The van der Waals surface area contributed by atoms with Crippen LogP contribution in [0.15, 0.2) is 35.2 Å². The van der Waals surface area contributed by atoms with Crippen LogP contribution in [0, 0.1) is 11.8 Å². The fourth-order valence-electron chi connectivity index (χ4n) is 3.81. The van der Waals surface area contributed by atoms with Gasteiger partial charge in [0.25, 0.3) is 0 Å². The molecule has 0 radical (unpaired) electrons. The summed E-state index contributed by atoms with van der Waals surface area (Å²) in [7, 11) is -3.40. The topological polar surface area (TPSA) is 69.7 Å². The number of amides is 2. The van der Waals surface area contributed by atoms with Crippen LogP contribution in [-0.4, -0.2) is 56.4 Å². The van der Waals surface area contributed by atoms with Crippen molar-refractivity contribution >= 4 is 16.1 Å². The third-order valence-electron chi connectivity index (χ3n) is 5.44. The second-order valence-electron chi connectivity index (χ2n) is 7.54. The van der Waals surface area contributed by atoms with Crippen molar-refractivity contribution in [2.24, 2.45) is 11.8 Å². The van der Waals surface area contributed by atoms with Gasteiger partial charge in [-0.1, -0.05) is 25.1 Å². The lowest BCUT2D eigenvalue weighted by molar-refractivity contribution is 0.166. The van der Waals surface area contributed by atoms with Gasteiger partial charge in [0.05, 0.1) is 4.90 Å². The number of urea groups is 1. The number of carbonyl (C=O) groups is 1. The van der Waals surface area contributed by atoms with Crippen molar-refractivity contribution in [2.45, 2.75) is 37.5 Å². The van der Waals surface area contributed by atoms with E-state index in [1.165, 1.54) is 6.42 Å². The van der Waals surface area contributed by atoms with Gasteiger partial charge in [0.15, 0.2) is 0 Å². The monoisotopic (exact) mass is 379 g/mol. The highest BCUT2D eigenvalue weighted by Gasteiger charge is 2.29. The molecule has 144 valence electrons. The number of hydrogen-bond acceptors (Lipinski definition) is 3. The van der Waals surface area contributed by atoms with Crippen LogP contribution in [-0.2, 0) is 10.0 Å². The molecule has 0 spiro atoms. The summed E-state index contributed by atoms with van der Waals surface area (Å²) < 4.78 is 26.9. The summed E-state index contributed by atoms with van der Waals surface area (Å²) in [4.78, 5) is 14.6. The largest absolute Gasteiger partial charge is 0.338 e. The summed E-state index contributed by atoms with van der Waals surface area (Å²) in [5.41, 5.74) is 0. The second kappa shape index (κ2) is 8.39. The smallest absolute Gasteiger partial charge is 0.317 e. The number of carbonyl (C=O) groups excluding carboxylic acids is 1. The lowest BCUT2D eigenvalue weighted by Crippen LogP contribution is -2.47. The van der Waals surface area contributed by atoms with Gasteiger partial charge in [0, 0.05) is 32.7 Å². The van der Waals surface area contributed by atoms with Crippen molar-refractivity contribution in [3.05, 3.63) is 30.3 Å². The fourth-order valence-corrected chi connectivity index (χ4v) is 5.30. The molecule has 2 saturated heterocycles. The summed E-state index contributed by atoms with van der Waals surface area (Å²) >= 11 is 0. The number of piperidine rings is 2. The van der Waals surface area contributed by atoms with Gasteiger partial charge in [-0.25, -0.2) is 13.2 Å². The number of sulfonamides is 1. The molecule has 1 atom stereocenters. The van der Waals surface area contributed by atoms with Crippen molar-refractivity contribution in [1.82, 2.24) is 14.5 Å². The maximum atomic E-state index is 12.6. The van der Waals surface area contributed by atoms with Crippen molar-refractivity contribution in [1.29, 1.82) is 0 Å². The molecule has 0 bridgehead atoms. The molecule has 2 fully saturated rings. The van der Waals surface area contributed by atoms with Gasteiger partial charge in [0.2, 0.25) is 10.0 Å². The van der Waals surface area contributed by atoms with Crippen molar-refractivity contribution < 1.29 is 13.2 Å². The zero-order chi connectivity index (χ0) is 18.6. The van der Waals surface area contributed by atoms with Crippen LogP contribution in [0.4, 0.5) is 4.79 Å². The SMILES string of the molecule is CC1CCCN(C(=O)NCC2CCN(S(=O)(=O)c3ccccc3)CC2)C1. The Morgan fingerprint density at radius 1 is 1.12 bits per heavy atom. The Morgan fingerprint density at radius 3 is 2.46 bits per heavy atom. The number of likely N-dealkylation sites (tertiary alicyclic amines) is 1. The summed E-state index contributed by atoms with van der Waals surface area (Å²) in [6.45, 7) is 5.51. The van der Waals surface area contributed by atoms with E-state index in [0.717, 1.165) is 32.4 Å². The molecule has 1 aromatic rings. The maximum absolute atomic E-state index is 12.6. The first-order valence-electron chi connectivity index (χ1n) is 9.55. The zero-order valence-corrected chi connectivity index (χ0v) is 16.2. The molecule has 26 heavy (non-hydrogen) atoms. The molecule has 1 aromatic carbocycles.